The molecule has 2 aromatic carbocycles. The number of rotatable bonds is 4. The van der Waals surface area contributed by atoms with E-state index in [-0.39, 0.29) is 11.8 Å². The van der Waals surface area contributed by atoms with Gasteiger partial charge >= 0.3 is 5.43 Å². The van der Waals surface area contributed by atoms with Crippen LogP contribution in [0.3, 0.4) is 0 Å². The van der Waals surface area contributed by atoms with Gasteiger partial charge in [-0.15, -0.1) is 0 Å². The molecule has 0 saturated carbocycles. The number of carbonyl (C=O) groups is 2. The molecule has 0 amide bonds. The van der Waals surface area contributed by atoms with Crippen molar-refractivity contribution in [3.63, 3.8) is 0 Å². The first kappa shape index (κ1) is 18.1. The fraction of sp³-hybridized carbons (Fsp3) is 0.250. The van der Waals surface area contributed by atoms with Crippen LogP contribution in [0.2, 0.25) is 0 Å². The lowest BCUT2D eigenvalue weighted by Gasteiger charge is -2.40. The molecule has 132 valence electrons. The zero-order chi connectivity index (χ0) is 18.5. The van der Waals surface area contributed by atoms with Gasteiger partial charge in [-0.2, -0.15) is 5.26 Å². The van der Waals surface area contributed by atoms with E-state index in [2.05, 4.69) is 6.07 Å². The van der Waals surface area contributed by atoms with E-state index >= 15 is 0 Å². The molecule has 2 atom stereocenters. The zero-order valence-corrected chi connectivity index (χ0v) is 14.7. The SMILES string of the molecule is N#Cc1ccc(C2CC(=O)CCN2C(OC(=O)Cl)c2ccccc2)cc1. The maximum absolute atomic E-state index is 12.1. The Hall–Kier alpha value is -2.68. The Morgan fingerprint density at radius 3 is 2.50 bits per heavy atom. The molecule has 2 unspecified atom stereocenters. The van der Waals surface area contributed by atoms with E-state index in [0.717, 1.165) is 11.1 Å². The minimum absolute atomic E-state index is 0.152. The molecule has 3 rings (SSSR count). The molecule has 0 radical (unpaired) electrons. The number of benzene rings is 2. The Kier molecular flexibility index (Phi) is 5.67. The number of nitriles is 1. The highest BCUT2D eigenvalue weighted by molar-refractivity contribution is 6.61. The summed E-state index contributed by atoms with van der Waals surface area (Å²) in [7, 11) is 0. The van der Waals surface area contributed by atoms with Gasteiger partial charge in [0, 0.05) is 42.6 Å². The lowest BCUT2D eigenvalue weighted by molar-refractivity contribution is -0.128. The molecular weight excluding hydrogens is 352 g/mol. The molecule has 0 aliphatic carbocycles. The van der Waals surface area contributed by atoms with Crippen LogP contribution in [0.15, 0.2) is 54.6 Å². The van der Waals surface area contributed by atoms with Crippen LogP contribution in [0.25, 0.3) is 0 Å². The summed E-state index contributed by atoms with van der Waals surface area (Å²) < 4.78 is 5.40. The number of piperidine rings is 1. The first-order valence-electron chi connectivity index (χ1n) is 8.27. The van der Waals surface area contributed by atoms with E-state index < -0.39 is 11.7 Å². The Labute approximate surface area is 156 Å². The molecule has 5 nitrogen and oxygen atoms in total. The molecule has 0 N–H and O–H groups in total. The second kappa shape index (κ2) is 8.13. The van der Waals surface area contributed by atoms with Crippen LogP contribution in [0.5, 0.6) is 0 Å². The molecule has 6 heteroatoms. The number of hydrogen-bond donors (Lipinski definition) is 0. The van der Waals surface area contributed by atoms with E-state index in [9.17, 15) is 9.59 Å². The van der Waals surface area contributed by atoms with Crippen molar-refractivity contribution in [2.24, 2.45) is 0 Å². The summed E-state index contributed by atoms with van der Waals surface area (Å²) in [6.07, 6.45) is 0.0142. The van der Waals surface area contributed by atoms with Gasteiger partial charge < -0.3 is 4.74 Å². The van der Waals surface area contributed by atoms with Gasteiger partial charge in [0.05, 0.1) is 11.6 Å². The Balaban J connectivity index is 1.97. The third kappa shape index (κ3) is 4.10. The van der Waals surface area contributed by atoms with Crippen molar-refractivity contribution in [3.05, 3.63) is 71.3 Å². The summed E-state index contributed by atoms with van der Waals surface area (Å²) in [4.78, 5) is 25.5. The standard InChI is InChI=1S/C20H17ClN2O3/c21-20(25)26-19(16-4-2-1-3-5-16)23-11-10-17(24)12-18(23)15-8-6-14(13-22)7-9-15/h1-9,18-19H,10-12H2. The Morgan fingerprint density at radius 2 is 1.88 bits per heavy atom. The quantitative estimate of drug-likeness (QED) is 0.751. The van der Waals surface area contributed by atoms with Crippen LogP contribution in [0.1, 0.15) is 41.8 Å². The van der Waals surface area contributed by atoms with E-state index in [4.69, 9.17) is 21.6 Å². The maximum Gasteiger partial charge on any atom is 0.405 e. The van der Waals surface area contributed by atoms with Crippen molar-refractivity contribution >= 4 is 22.8 Å². The lowest BCUT2D eigenvalue weighted by Crippen LogP contribution is -2.41. The number of carbonyl (C=O) groups excluding carboxylic acids is 2. The van der Waals surface area contributed by atoms with Gasteiger partial charge in [-0.25, -0.2) is 4.79 Å². The van der Waals surface area contributed by atoms with Gasteiger partial charge in [0.25, 0.3) is 0 Å². The van der Waals surface area contributed by atoms with Crippen LogP contribution in [-0.4, -0.2) is 22.7 Å². The van der Waals surface area contributed by atoms with Gasteiger partial charge in [0.2, 0.25) is 0 Å². The number of nitrogens with zero attached hydrogens (tertiary/aromatic N) is 2. The largest absolute Gasteiger partial charge is 0.430 e. The van der Waals surface area contributed by atoms with Gasteiger partial charge in [-0.1, -0.05) is 42.5 Å². The van der Waals surface area contributed by atoms with Crippen molar-refractivity contribution in [3.8, 4) is 6.07 Å². The molecule has 1 aliphatic heterocycles. The smallest absolute Gasteiger partial charge is 0.405 e. The first-order valence-corrected chi connectivity index (χ1v) is 8.65. The zero-order valence-electron chi connectivity index (χ0n) is 14.0. The van der Waals surface area contributed by atoms with Gasteiger partial charge in [0.1, 0.15) is 5.78 Å². The molecule has 0 bridgehead atoms. The third-order valence-electron chi connectivity index (χ3n) is 4.48. The van der Waals surface area contributed by atoms with E-state index in [1.807, 2.05) is 47.4 Å². The van der Waals surface area contributed by atoms with Crippen molar-refractivity contribution in [2.45, 2.75) is 25.1 Å². The topological polar surface area (TPSA) is 70.4 Å². The van der Waals surface area contributed by atoms with Crippen LogP contribution in [0.4, 0.5) is 4.79 Å². The fourth-order valence-electron chi connectivity index (χ4n) is 3.25. The molecule has 0 aromatic heterocycles. The van der Waals surface area contributed by atoms with Crippen LogP contribution in [-0.2, 0) is 9.53 Å². The van der Waals surface area contributed by atoms with Crippen molar-refractivity contribution < 1.29 is 14.3 Å². The second-order valence-corrected chi connectivity index (χ2v) is 6.41. The monoisotopic (exact) mass is 368 g/mol. The normalized spacial score (nSPS) is 18.8. The summed E-state index contributed by atoms with van der Waals surface area (Å²) in [5.74, 6) is 0.152. The number of likely N-dealkylation sites (tertiary alicyclic amines) is 1. The van der Waals surface area contributed by atoms with E-state index in [1.54, 1.807) is 12.1 Å². The summed E-state index contributed by atoms with van der Waals surface area (Å²) >= 11 is 5.51. The molecule has 1 heterocycles. The summed E-state index contributed by atoms with van der Waals surface area (Å²) in [5, 5.41) is 8.98. The predicted octanol–water partition coefficient (Wildman–Crippen LogP) is 4.34. The highest BCUT2D eigenvalue weighted by Crippen LogP contribution is 2.37. The molecule has 0 spiro atoms. The summed E-state index contributed by atoms with van der Waals surface area (Å²) in [6.45, 7) is 0.452. The maximum atomic E-state index is 12.1. The number of ether oxygens (including phenoxy) is 1. The highest BCUT2D eigenvalue weighted by Gasteiger charge is 2.35. The molecule has 26 heavy (non-hydrogen) atoms. The van der Waals surface area contributed by atoms with Gasteiger partial charge in [-0.05, 0) is 17.7 Å². The van der Waals surface area contributed by atoms with Crippen LogP contribution in [0, 0.1) is 11.3 Å². The number of Topliss-reactive ketones (excluding diaryl/α,β-unsaturated/α-hetero) is 1. The molecule has 2 aromatic rings. The number of ketones is 1. The minimum atomic E-state index is -0.894. The molecule has 1 aliphatic rings. The van der Waals surface area contributed by atoms with Crippen LogP contribution >= 0.6 is 11.6 Å². The van der Waals surface area contributed by atoms with Gasteiger partial charge in [0.15, 0.2) is 6.23 Å². The summed E-state index contributed by atoms with van der Waals surface area (Å²) in [5.41, 5.74) is 1.33. The minimum Gasteiger partial charge on any atom is -0.430 e. The highest BCUT2D eigenvalue weighted by atomic mass is 35.5. The van der Waals surface area contributed by atoms with Crippen molar-refractivity contribution in [2.75, 3.05) is 6.54 Å². The average Bonchev–Trinajstić information content (AvgIpc) is 2.67. The van der Waals surface area contributed by atoms with Crippen molar-refractivity contribution in [1.82, 2.24) is 4.90 Å². The summed E-state index contributed by atoms with van der Waals surface area (Å²) in [6, 6.07) is 18.2. The molecule has 1 saturated heterocycles. The van der Waals surface area contributed by atoms with Crippen molar-refractivity contribution in [1.29, 1.82) is 5.26 Å². The van der Waals surface area contributed by atoms with E-state index in [0.29, 0.717) is 24.9 Å². The molecule has 1 fully saturated rings. The Morgan fingerprint density at radius 1 is 1.19 bits per heavy atom. The predicted molar refractivity (Wildman–Crippen MR) is 96.4 cm³/mol. The van der Waals surface area contributed by atoms with Crippen LogP contribution < -0.4 is 0 Å². The third-order valence-corrected chi connectivity index (χ3v) is 4.57. The first-order chi connectivity index (χ1) is 12.6. The number of hydrogen-bond acceptors (Lipinski definition) is 5. The average molecular weight is 369 g/mol. The fourth-order valence-corrected chi connectivity index (χ4v) is 3.33. The van der Waals surface area contributed by atoms with E-state index in [1.165, 1.54) is 0 Å². The second-order valence-electron chi connectivity index (χ2n) is 6.10. The number of halogens is 1. The Bertz CT molecular complexity index is 830. The molecular formula is C20H17ClN2O3. The van der Waals surface area contributed by atoms with Gasteiger partial charge in [-0.3, -0.25) is 9.69 Å². The lowest BCUT2D eigenvalue weighted by atomic mass is 9.92.